The normalized spacial score (nSPS) is 9.50. The van der Waals surface area contributed by atoms with E-state index in [9.17, 15) is 14.9 Å². The second-order valence-corrected chi connectivity index (χ2v) is 2.41. The minimum Gasteiger partial charge on any atom is -0.465 e. The average molecular weight is 219 g/mol. The maximum absolute atomic E-state index is 10.4. The molecule has 1 rings (SSSR count). The van der Waals surface area contributed by atoms with E-state index in [0.717, 1.165) is 6.33 Å². The molecule has 2 N–H and O–H groups in total. The maximum Gasteiger partial charge on any atom is 0.410 e. The molecule has 0 spiro atoms. The fourth-order valence-electron chi connectivity index (χ4n) is 0.712. The summed E-state index contributed by atoms with van der Waals surface area (Å²) in [6, 6.07) is 0. The van der Waals surface area contributed by atoms with Crippen LogP contribution in [0.3, 0.4) is 0 Å². The molecule has 1 aromatic rings. The Hall–Kier alpha value is -1.96. The molecular weight excluding hydrogens is 216 g/mol. The van der Waals surface area contributed by atoms with Crippen molar-refractivity contribution in [1.82, 2.24) is 9.97 Å². The molecule has 0 unspecified atom stereocenters. The third kappa shape index (κ3) is 2.04. The number of nitrogens with zero attached hydrogens (tertiary/aromatic N) is 3. The van der Waals surface area contributed by atoms with Gasteiger partial charge in [-0.05, 0) is 0 Å². The van der Waals surface area contributed by atoms with Crippen LogP contribution >= 0.6 is 11.6 Å². The van der Waals surface area contributed by atoms with Crippen molar-refractivity contribution in [2.75, 3.05) is 5.32 Å². The van der Waals surface area contributed by atoms with Gasteiger partial charge in [0.2, 0.25) is 11.0 Å². The molecular formula is C5H3ClN4O4. The van der Waals surface area contributed by atoms with Crippen LogP contribution in [0.2, 0.25) is 5.15 Å². The zero-order chi connectivity index (χ0) is 10.7. The Kier molecular flexibility index (Phi) is 2.77. The van der Waals surface area contributed by atoms with Gasteiger partial charge in [-0.3, -0.25) is 15.4 Å². The number of hydrogen-bond donors (Lipinski definition) is 2. The molecule has 0 aliphatic heterocycles. The number of halogens is 1. The quantitative estimate of drug-likeness (QED) is 0.436. The Bertz CT molecular complexity index is 395. The van der Waals surface area contributed by atoms with Crippen molar-refractivity contribution in [2.24, 2.45) is 0 Å². The summed E-state index contributed by atoms with van der Waals surface area (Å²) in [6.07, 6.45) is -0.552. The molecule has 14 heavy (non-hydrogen) atoms. The lowest BCUT2D eigenvalue weighted by Gasteiger charge is -2.00. The molecule has 0 saturated carbocycles. The minimum absolute atomic E-state index is 0.422. The van der Waals surface area contributed by atoms with Crippen molar-refractivity contribution in [1.29, 1.82) is 0 Å². The van der Waals surface area contributed by atoms with Crippen LogP contribution < -0.4 is 5.32 Å². The molecule has 0 bridgehead atoms. The van der Waals surface area contributed by atoms with Gasteiger partial charge < -0.3 is 5.11 Å². The van der Waals surface area contributed by atoms with E-state index in [1.165, 1.54) is 0 Å². The topological polar surface area (TPSA) is 118 Å². The van der Waals surface area contributed by atoms with Crippen LogP contribution in [0.5, 0.6) is 0 Å². The fourth-order valence-corrected chi connectivity index (χ4v) is 0.914. The molecule has 8 nitrogen and oxygen atoms in total. The lowest BCUT2D eigenvalue weighted by Crippen LogP contribution is -2.11. The van der Waals surface area contributed by atoms with Crippen molar-refractivity contribution in [3.63, 3.8) is 0 Å². The lowest BCUT2D eigenvalue weighted by molar-refractivity contribution is -0.384. The Balaban J connectivity index is 3.21. The van der Waals surface area contributed by atoms with Crippen LogP contribution in [0.1, 0.15) is 0 Å². The SMILES string of the molecule is O=C(O)Nc1ncnc(Cl)c1[N+](=O)[O-]. The monoisotopic (exact) mass is 218 g/mol. The van der Waals surface area contributed by atoms with E-state index in [1.807, 2.05) is 0 Å². The van der Waals surface area contributed by atoms with Gasteiger partial charge in [0, 0.05) is 0 Å². The highest BCUT2D eigenvalue weighted by atomic mass is 35.5. The third-order valence-corrected chi connectivity index (χ3v) is 1.46. The Morgan fingerprint density at radius 2 is 2.29 bits per heavy atom. The van der Waals surface area contributed by atoms with Crippen LogP contribution in [-0.2, 0) is 0 Å². The van der Waals surface area contributed by atoms with E-state index in [4.69, 9.17) is 16.7 Å². The van der Waals surface area contributed by atoms with Gasteiger partial charge in [0.25, 0.3) is 0 Å². The van der Waals surface area contributed by atoms with Crippen LogP contribution in [0.15, 0.2) is 6.33 Å². The van der Waals surface area contributed by atoms with Gasteiger partial charge in [0.05, 0.1) is 4.92 Å². The minimum atomic E-state index is -1.47. The number of nitrogens with one attached hydrogen (secondary N) is 1. The Morgan fingerprint density at radius 1 is 1.64 bits per heavy atom. The predicted octanol–water partition coefficient (Wildman–Crippen LogP) is 1.13. The van der Waals surface area contributed by atoms with E-state index < -0.39 is 27.7 Å². The Labute approximate surface area is 81.7 Å². The van der Waals surface area contributed by atoms with Gasteiger partial charge >= 0.3 is 11.8 Å². The van der Waals surface area contributed by atoms with Crippen LogP contribution in [0, 0.1) is 10.1 Å². The van der Waals surface area contributed by atoms with Gasteiger partial charge in [-0.2, -0.15) is 0 Å². The first-order valence-corrected chi connectivity index (χ1v) is 3.55. The van der Waals surface area contributed by atoms with Crippen LogP contribution in [-0.4, -0.2) is 26.1 Å². The van der Waals surface area contributed by atoms with Gasteiger partial charge in [0.15, 0.2) is 0 Å². The van der Waals surface area contributed by atoms with Gasteiger partial charge in [-0.1, -0.05) is 11.6 Å². The Morgan fingerprint density at radius 3 is 2.79 bits per heavy atom. The number of rotatable bonds is 2. The summed E-state index contributed by atoms with van der Waals surface area (Å²) < 4.78 is 0. The number of nitro groups is 1. The number of carbonyl (C=O) groups is 1. The van der Waals surface area contributed by atoms with Crippen molar-refractivity contribution >= 4 is 29.2 Å². The zero-order valence-corrected chi connectivity index (χ0v) is 7.22. The zero-order valence-electron chi connectivity index (χ0n) is 6.47. The summed E-state index contributed by atoms with van der Waals surface area (Å²) in [5.41, 5.74) is -0.670. The molecule has 0 atom stereocenters. The summed E-state index contributed by atoms with van der Waals surface area (Å²) in [6.45, 7) is 0. The molecule has 0 fully saturated rings. The largest absolute Gasteiger partial charge is 0.465 e. The molecule has 1 heterocycles. The number of anilines is 1. The van der Waals surface area contributed by atoms with Crippen molar-refractivity contribution in [3.8, 4) is 0 Å². The molecule has 1 amide bonds. The fraction of sp³-hybridized carbons (Fsp3) is 0. The average Bonchev–Trinajstić information content (AvgIpc) is 2.01. The van der Waals surface area contributed by atoms with Crippen molar-refractivity contribution in [2.45, 2.75) is 0 Å². The molecule has 1 aromatic heterocycles. The summed E-state index contributed by atoms with van der Waals surface area (Å²) in [5.74, 6) is -0.456. The number of hydrogen-bond acceptors (Lipinski definition) is 5. The molecule has 0 aliphatic rings. The van der Waals surface area contributed by atoms with E-state index in [1.54, 1.807) is 5.32 Å². The van der Waals surface area contributed by atoms with Crippen LogP contribution in [0.25, 0.3) is 0 Å². The smallest absolute Gasteiger partial charge is 0.410 e. The van der Waals surface area contributed by atoms with Gasteiger partial charge in [0.1, 0.15) is 6.33 Å². The van der Waals surface area contributed by atoms with E-state index in [2.05, 4.69) is 9.97 Å². The molecule has 0 aliphatic carbocycles. The highest BCUT2D eigenvalue weighted by Gasteiger charge is 2.22. The van der Waals surface area contributed by atoms with Crippen molar-refractivity contribution < 1.29 is 14.8 Å². The summed E-state index contributed by atoms with van der Waals surface area (Å²) >= 11 is 5.38. The molecule has 0 saturated heterocycles. The first-order valence-electron chi connectivity index (χ1n) is 3.17. The molecule has 0 radical (unpaired) electrons. The van der Waals surface area contributed by atoms with E-state index >= 15 is 0 Å². The summed E-state index contributed by atoms with van der Waals surface area (Å²) in [5, 5.41) is 20.1. The predicted molar refractivity (Wildman–Crippen MR) is 45.3 cm³/mol. The third-order valence-electron chi connectivity index (χ3n) is 1.19. The number of carboxylic acid groups (broad SMARTS) is 1. The molecule has 74 valence electrons. The standard InChI is InChI=1S/C5H3ClN4O4/c6-3-2(10(13)14)4(8-1-7-3)9-5(11)12/h1H,(H,11,12)(H,7,8,9). The second-order valence-electron chi connectivity index (χ2n) is 2.05. The number of aromatic nitrogens is 2. The first-order chi connectivity index (χ1) is 6.52. The van der Waals surface area contributed by atoms with E-state index in [-0.39, 0.29) is 0 Å². The van der Waals surface area contributed by atoms with E-state index in [0.29, 0.717) is 0 Å². The summed E-state index contributed by atoms with van der Waals surface area (Å²) in [4.78, 5) is 26.5. The second kappa shape index (κ2) is 3.83. The van der Waals surface area contributed by atoms with Gasteiger partial charge in [-0.15, -0.1) is 0 Å². The highest BCUT2D eigenvalue weighted by Crippen LogP contribution is 2.27. The maximum atomic E-state index is 10.4. The molecule has 0 aromatic carbocycles. The number of amides is 1. The summed E-state index contributed by atoms with van der Waals surface area (Å²) in [7, 11) is 0. The van der Waals surface area contributed by atoms with Crippen LogP contribution in [0.4, 0.5) is 16.3 Å². The van der Waals surface area contributed by atoms with Gasteiger partial charge in [-0.25, -0.2) is 14.8 Å². The lowest BCUT2D eigenvalue weighted by atomic mass is 10.5. The highest BCUT2D eigenvalue weighted by molar-refractivity contribution is 6.32. The molecule has 9 heteroatoms. The first kappa shape index (κ1) is 10.1. The van der Waals surface area contributed by atoms with Crippen molar-refractivity contribution in [3.05, 3.63) is 21.6 Å².